The zero-order valence-electron chi connectivity index (χ0n) is 16.8. The number of carbonyl (C=O) groups is 3. The van der Waals surface area contributed by atoms with Gasteiger partial charge in [-0.1, -0.05) is 6.07 Å². The van der Waals surface area contributed by atoms with Crippen molar-refractivity contribution in [1.29, 1.82) is 0 Å². The molecule has 0 saturated carbocycles. The summed E-state index contributed by atoms with van der Waals surface area (Å²) in [7, 11) is 4.80. The van der Waals surface area contributed by atoms with Crippen molar-refractivity contribution in [2.45, 2.75) is 6.54 Å². The van der Waals surface area contributed by atoms with Crippen LogP contribution in [0.25, 0.3) is 0 Å². The summed E-state index contributed by atoms with van der Waals surface area (Å²) >= 11 is 1.43. The van der Waals surface area contributed by atoms with Crippen molar-refractivity contribution in [1.82, 2.24) is 10.6 Å². The van der Waals surface area contributed by atoms with Crippen molar-refractivity contribution >= 4 is 29.2 Å². The van der Waals surface area contributed by atoms with E-state index in [0.717, 1.165) is 16.2 Å². The molecule has 2 rings (SSSR count). The Morgan fingerprint density at radius 2 is 1.53 bits per heavy atom. The summed E-state index contributed by atoms with van der Waals surface area (Å²) in [4.78, 5) is 30.7. The van der Waals surface area contributed by atoms with Crippen molar-refractivity contribution in [3.8, 4) is 17.2 Å². The highest BCUT2D eigenvalue weighted by molar-refractivity contribution is 7.12. The van der Waals surface area contributed by atoms with Crippen LogP contribution in [0.15, 0.2) is 29.6 Å². The van der Waals surface area contributed by atoms with Crippen molar-refractivity contribution < 1.29 is 38.8 Å². The Labute approximate surface area is 177 Å². The van der Waals surface area contributed by atoms with Crippen LogP contribution in [0.2, 0.25) is 0 Å². The number of aliphatic carboxylic acids is 2. The van der Waals surface area contributed by atoms with Gasteiger partial charge in [-0.05, 0) is 17.5 Å². The summed E-state index contributed by atoms with van der Waals surface area (Å²) in [5.74, 6) is -1.69. The molecule has 0 aliphatic rings. The Bertz CT molecular complexity index is 827. The fourth-order valence-corrected chi connectivity index (χ4v) is 2.85. The van der Waals surface area contributed by atoms with Crippen LogP contribution in [-0.4, -0.2) is 62.5 Å². The standard InChI is InChI=1S/C17H22N2O4S.C2H2O4/c1-21-13-10-15(23-3)14(22-2)9-12(13)11-18-6-7-19-17(20)16-5-4-8-24-16;3-1(4)2(5)6/h4-5,8-10,18H,6-7,11H2,1-3H3,(H,19,20);(H,3,4)(H,5,6). The molecule has 30 heavy (non-hydrogen) atoms. The topological polar surface area (TPSA) is 143 Å². The molecule has 0 fully saturated rings. The Morgan fingerprint density at radius 1 is 0.933 bits per heavy atom. The predicted molar refractivity (Wildman–Crippen MR) is 110 cm³/mol. The van der Waals surface area contributed by atoms with Crippen LogP contribution in [0.5, 0.6) is 17.2 Å². The van der Waals surface area contributed by atoms with Gasteiger partial charge < -0.3 is 35.1 Å². The molecule has 0 saturated heterocycles. The van der Waals surface area contributed by atoms with Crippen LogP contribution in [0.3, 0.4) is 0 Å². The second kappa shape index (κ2) is 13.0. The van der Waals surface area contributed by atoms with Gasteiger partial charge in [-0.15, -0.1) is 11.3 Å². The number of carboxylic acid groups (broad SMARTS) is 2. The number of rotatable bonds is 9. The number of carboxylic acids is 2. The number of methoxy groups -OCH3 is 3. The van der Waals surface area contributed by atoms with Gasteiger partial charge in [0.15, 0.2) is 11.5 Å². The molecule has 0 aliphatic carbocycles. The first-order valence-electron chi connectivity index (χ1n) is 8.61. The summed E-state index contributed by atoms with van der Waals surface area (Å²) in [6.07, 6.45) is 0. The first-order chi connectivity index (χ1) is 14.3. The van der Waals surface area contributed by atoms with Gasteiger partial charge in [0.2, 0.25) is 0 Å². The maximum atomic E-state index is 11.8. The number of carbonyl (C=O) groups excluding carboxylic acids is 1. The van der Waals surface area contributed by atoms with Gasteiger partial charge in [-0.25, -0.2) is 9.59 Å². The van der Waals surface area contributed by atoms with E-state index in [4.69, 9.17) is 34.0 Å². The average Bonchev–Trinajstić information content (AvgIpc) is 3.28. The molecule has 1 aromatic carbocycles. The van der Waals surface area contributed by atoms with Gasteiger partial charge >= 0.3 is 11.9 Å². The van der Waals surface area contributed by atoms with E-state index in [1.165, 1.54) is 11.3 Å². The molecule has 4 N–H and O–H groups in total. The molecule has 11 heteroatoms. The molecular weight excluding hydrogens is 416 g/mol. The maximum absolute atomic E-state index is 11.8. The zero-order valence-corrected chi connectivity index (χ0v) is 17.6. The molecule has 0 bridgehead atoms. The van der Waals surface area contributed by atoms with Crippen molar-refractivity contribution in [3.63, 3.8) is 0 Å². The van der Waals surface area contributed by atoms with E-state index in [-0.39, 0.29) is 5.91 Å². The minimum Gasteiger partial charge on any atom is -0.496 e. The van der Waals surface area contributed by atoms with Crippen LogP contribution < -0.4 is 24.8 Å². The van der Waals surface area contributed by atoms with Crippen molar-refractivity contribution in [3.05, 3.63) is 40.1 Å². The molecule has 0 radical (unpaired) electrons. The summed E-state index contributed by atoms with van der Waals surface area (Å²) in [6.45, 7) is 1.79. The van der Waals surface area contributed by atoms with Gasteiger partial charge in [0, 0.05) is 31.3 Å². The van der Waals surface area contributed by atoms with Crippen LogP contribution in [-0.2, 0) is 16.1 Å². The largest absolute Gasteiger partial charge is 0.496 e. The van der Waals surface area contributed by atoms with E-state index in [1.807, 2.05) is 23.6 Å². The number of hydrogen-bond acceptors (Lipinski definition) is 8. The number of ether oxygens (including phenoxy) is 3. The number of amides is 1. The molecule has 10 nitrogen and oxygen atoms in total. The maximum Gasteiger partial charge on any atom is 0.414 e. The molecule has 2 aromatic rings. The van der Waals surface area contributed by atoms with Crippen LogP contribution in [0, 0.1) is 0 Å². The van der Waals surface area contributed by atoms with E-state index in [9.17, 15) is 4.79 Å². The molecule has 1 heterocycles. The van der Waals surface area contributed by atoms with E-state index >= 15 is 0 Å². The summed E-state index contributed by atoms with van der Waals surface area (Å²) in [5, 5.41) is 22.8. The number of benzene rings is 1. The minimum absolute atomic E-state index is 0.0458. The van der Waals surface area contributed by atoms with Gasteiger partial charge in [-0.3, -0.25) is 4.79 Å². The van der Waals surface area contributed by atoms with Crippen LogP contribution in [0.4, 0.5) is 0 Å². The van der Waals surface area contributed by atoms with E-state index in [1.54, 1.807) is 27.4 Å². The minimum atomic E-state index is -1.82. The molecule has 0 spiro atoms. The Balaban J connectivity index is 0.000000656. The number of hydrogen-bond donors (Lipinski definition) is 4. The lowest BCUT2D eigenvalue weighted by molar-refractivity contribution is -0.159. The van der Waals surface area contributed by atoms with Crippen LogP contribution >= 0.6 is 11.3 Å². The van der Waals surface area contributed by atoms with Gasteiger partial charge in [0.1, 0.15) is 5.75 Å². The van der Waals surface area contributed by atoms with Crippen LogP contribution in [0.1, 0.15) is 15.2 Å². The van der Waals surface area contributed by atoms with Gasteiger partial charge in [0.05, 0.1) is 26.2 Å². The fourth-order valence-electron chi connectivity index (χ4n) is 2.21. The quantitative estimate of drug-likeness (QED) is 0.336. The molecular formula is C19H24N2O8S. The van der Waals surface area contributed by atoms with Crippen molar-refractivity contribution in [2.75, 3.05) is 34.4 Å². The molecule has 0 unspecified atom stereocenters. The fraction of sp³-hybridized carbons (Fsp3) is 0.316. The smallest absolute Gasteiger partial charge is 0.414 e. The Hall–Kier alpha value is -3.31. The average molecular weight is 440 g/mol. The van der Waals surface area contributed by atoms with Gasteiger partial charge in [0.25, 0.3) is 5.91 Å². The lowest BCUT2D eigenvalue weighted by atomic mass is 10.1. The lowest BCUT2D eigenvalue weighted by Gasteiger charge is -2.14. The third-order valence-electron chi connectivity index (χ3n) is 3.62. The Morgan fingerprint density at radius 3 is 2.03 bits per heavy atom. The number of nitrogens with one attached hydrogen (secondary N) is 2. The van der Waals surface area contributed by atoms with Gasteiger partial charge in [-0.2, -0.15) is 0 Å². The molecule has 0 atom stereocenters. The van der Waals surface area contributed by atoms with Crippen molar-refractivity contribution in [2.24, 2.45) is 0 Å². The molecule has 1 aromatic heterocycles. The zero-order chi connectivity index (χ0) is 22.5. The highest BCUT2D eigenvalue weighted by Gasteiger charge is 2.11. The predicted octanol–water partition coefficient (Wildman–Crippen LogP) is 1.45. The summed E-state index contributed by atoms with van der Waals surface area (Å²) in [6, 6.07) is 7.35. The second-order valence-electron chi connectivity index (χ2n) is 5.54. The molecule has 0 aliphatic heterocycles. The van der Waals surface area contributed by atoms with E-state index < -0.39 is 11.9 Å². The summed E-state index contributed by atoms with van der Waals surface area (Å²) < 4.78 is 16.0. The molecule has 164 valence electrons. The van der Waals surface area contributed by atoms with E-state index in [2.05, 4.69) is 10.6 Å². The first-order valence-corrected chi connectivity index (χ1v) is 9.49. The lowest BCUT2D eigenvalue weighted by Crippen LogP contribution is -2.31. The highest BCUT2D eigenvalue weighted by atomic mass is 32.1. The first kappa shape index (κ1) is 24.7. The SMILES string of the molecule is COc1cc(OC)c(OC)cc1CNCCNC(=O)c1cccs1.O=C(O)C(=O)O. The highest BCUT2D eigenvalue weighted by Crippen LogP contribution is 2.34. The normalized spacial score (nSPS) is 9.70. The third-order valence-corrected chi connectivity index (χ3v) is 4.49. The second-order valence-corrected chi connectivity index (χ2v) is 6.49. The molecule has 1 amide bonds. The summed E-state index contributed by atoms with van der Waals surface area (Å²) in [5.41, 5.74) is 0.958. The monoisotopic (exact) mass is 440 g/mol. The van der Waals surface area contributed by atoms with E-state index in [0.29, 0.717) is 31.1 Å². The third kappa shape index (κ3) is 7.97. The Kier molecular flexibility index (Phi) is 10.7. The number of thiophene rings is 1.